The maximum Gasteiger partial charge on any atom is 0.0798 e. The second-order valence-electron chi connectivity index (χ2n) is 5.33. The first-order chi connectivity index (χ1) is 7.57. The average molecular weight is 228 g/mol. The largest absolute Gasteiger partial charge is 0.388 e. The van der Waals surface area contributed by atoms with Gasteiger partial charge in [-0.15, -0.1) is 0 Å². The van der Waals surface area contributed by atoms with Crippen molar-refractivity contribution in [2.24, 2.45) is 5.92 Å². The van der Waals surface area contributed by atoms with Crippen LogP contribution in [0.1, 0.15) is 33.6 Å². The van der Waals surface area contributed by atoms with Crippen LogP contribution < -0.4 is 0 Å². The molecule has 0 radical (unpaired) electrons. The number of hydrogen-bond donors (Lipinski definition) is 1. The molecule has 2 heterocycles. The molecule has 0 aromatic carbocycles. The molecule has 2 saturated heterocycles. The fourth-order valence-corrected chi connectivity index (χ4v) is 2.57. The van der Waals surface area contributed by atoms with E-state index in [1.807, 2.05) is 13.8 Å². The first-order valence-corrected chi connectivity index (χ1v) is 6.71. The summed E-state index contributed by atoms with van der Waals surface area (Å²) in [5.74, 6) is 0.838. The van der Waals surface area contributed by atoms with Gasteiger partial charge in [0.1, 0.15) is 0 Å². The first kappa shape index (κ1) is 13.9. The third kappa shape index (κ3) is 3.72. The van der Waals surface area contributed by atoms with Crippen molar-refractivity contribution < 1.29 is 5.11 Å². The van der Waals surface area contributed by atoms with E-state index in [4.69, 9.17) is 0 Å². The Morgan fingerprint density at radius 1 is 1.19 bits per heavy atom. The maximum atomic E-state index is 10.3. The quantitative estimate of drug-likeness (QED) is 0.774. The van der Waals surface area contributed by atoms with Crippen LogP contribution in [0, 0.1) is 5.92 Å². The number of likely N-dealkylation sites (tertiary alicyclic amines) is 2. The summed E-state index contributed by atoms with van der Waals surface area (Å²) in [6, 6.07) is 0. The highest BCUT2D eigenvalue weighted by atomic mass is 16.3. The van der Waals surface area contributed by atoms with Gasteiger partial charge in [-0.2, -0.15) is 0 Å². The summed E-state index contributed by atoms with van der Waals surface area (Å²) in [5.41, 5.74) is -0.396. The Bertz CT molecular complexity index is 194. The molecule has 0 aliphatic carbocycles. The Labute approximate surface area is 100 Å². The second kappa shape index (κ2) is 5.99. The Hall–Kier alpha value is -0.120. The number of piperidine rings is 1. The number of rotatable bonds is 2. The molecule has 0 spiro atoms. The molecule has 2 fully saturated rings. The summed E-state index contributed by atoms with van der Waals surface area (Å²) in [5, 5.41) is 10.3. The van der Waals surface area contributed by atoms with E-state index >= 15 is 0 Å². The van der Waals surface area contributed by atoms with E-state index in [2.05, 4.69) is 23.8 Å². The molecule has 0 unspecified atom stereocenters. The Balaban J connectivity index is 0.000000606. The van der Waals surface area contributed by atoms with Crippen molar-refractivity contribution in [2.75, 3.05) is 39.8 Å². The zero-order valence-corrected chi connectivity index (χ0v) is 11.4. The molecule has 2 rings (SSSR count). The molecule has 96 valence electrons. The van der Waals surface area contributed by atoms with Crippen molar-refractivity contribution in [3.8, 4) is 0 Å². The third-order valence-electron chi connectivity index (χ3n) is 3.58. The molecule has 16 heavy (non-hydrogen) atoms. The fourth-order valence-electron chi connectivity index (χ4n) is 2.57. The third-order valence-corrected chi connectivity index (χ3v) is 3.58. The smallest absolute Gasteiger partial charge is 0.0798 e. The van der Waals surface area contributed by atoms with Crippen LogP contribution in [0.4, 0.5) is 0 Å². The number of hydrogen-bond acceptors (Lipinski definition) is 3. The summed E-state index contributed by atoms with van der Waals surface area (Å²) < 4.78 is 0. The van der Waals surface area contributed by atoms with Crippen LogP contribution in [-0.4, -0.2) is 60.3 Å². The Morgan fingerprint density at radius 3 is 2.12 bits per heavy atom. The van der Waals surface area contributed by atoms with Crippen LogP contribution in [0.3, 0.4) is 0 Å². The number of β-amino-alcohol motifs (C(OH)–C–C–N with tert-alkyl or cyclic N) is 1. The van der Waals surface area contributed by atoms with Crippen molar-refractivity contribution >= 4 is 0 Å². The molecular weight excluding hydrogens is 200 g/mol. The van der Waals surface area contributed by atoms with Gasteiger partial charge in [0, 0.05) is 32.7 Å². The molecule has 2 aliphatic heterocycles. The lowest BCUT2D eigenvalue weighted by atomic mass is 9.89. The normalized spacial score (nSPS) is 26.8. The van der Waals surface area contributed by atoms with E-state index in [0.717, 1.165) is 38.4 Å². The van der Waals surface area contributed by atoms with Crippen molar-refractivity contribution in [1.82, 2.24) is 9.80 Å². The van der Waals surface area contributed by atoms with Gasteiger partial charge >= 0.3 is 0 Å². The number of aliphatic hydroxyl groups is 1. The van der Waals surface area contributed by atoms with Crippen LogP contribution in [-0.2, 0) is 0 Å². The van der Waals surface area contributed by atoms with Crippen LogP contribution >= 0.6 is 0 Å². The molecular formula is C13H28N2O. The monoisotopic (exact) mass is 228 g/mol. The first-order valence-electron chi connectivity index (χ1n) is 6.71. The highest BCUT2D eigenvalue weighted by Crippen LogP contribution is 2.25. The SMILES string of the molecule is CC.CC1CN(CC2(O)CCN(C)CC2)C1. The molecule has 0 bridgehead atoms. The molecule has 3 heteroatoms. The summed E-state index contributed by atoms with van der Waals surface area (Å²) in [6.45, 7) is 11.6. The van der Waals surface area contributed by atoms with Crippen molar-refractivity contribution in [3.63, 3.8) is 0 Å². The summed E-state index contributed by atoms with van der Waals surface area (Å²) >= 11 is 0. The molecule has 3 nitrogen and oxygen atoms in total. The van der Waals surface area contributed by atoms with Crippen LogP contribution in [0.2, 0.25) is 0 Å². The second-order valence-corrected chi connectivity index (χ2v) is 5.33. The maximum absolute atomic E-state index is 10.3. The van der Waals surface area contributed by atoms with E-state index in [9.17, 15) is 5.11 Å². The minimum atomic E-state index is -0.396. The lowest BCUT2D eigenvalue weighted by molar-refractivity contribution is -0.0619. The van der Waals surface area contributed by atoms with Crippen LogP contribution in [0.5, 0.6) is 0 Å². The van der Waals surface area contributed by atoms with Gasteiger partial charge in [0.25, 0.3) is 0 Å². The molecule has 0 aromatic heterocycles. The van der Waals surface area contributed by atoms with Gasteiger partial charge in [0.15, 0.2) is 0 Å². The summed E-state index contributed by atoms with van der Waals surface area (Å²) in [6.07, 6.45) is 1.88. The molecule has 2 aliphatic rings. The predicted octanol–water partition coefficient (Wildman–Crippen LogP) is 1.42. The highest BCUT2D eigenvalue weighted by molar-refractivity contribution is 4.90. The van der Waals surface area contributed by atoms with Gasteiger partial charge in [-0.05, 0) is 25.8 Å². The van der Waals surface area contributed by atoms with Gasteiger partial charge in [-0.25, -0.2) is 0 Å². The summed E-state index contributed by atoms with van der Waals surface area (Å²) in [7, 11) is 2.13. The average Bonchev–Trinajstić information content (AvgIpc) is 2.24. The lowest BCUT2D eigenvalue weighted by Gasteiger charge is -2.45. The molecule has 0 aromatic rings. The van der Waals surface area contributed by atoms with E-state index in [1.54, 1.807) is 0 Å². The fraction of sp³-hybridized carbons (Fsp3) is 1.00. The molecule has 0 amide bonds. The van der Waals surface area contributed by atoms with Crippen molar-refractivity contribution in [1.29, 1.82) is 0 Å². The van der Waals surface area contributed by atoms with Gasteiger partial charge in [-0.1, -0.05) is 20.8 Å². The molecule has 0 saturated carbocycles. The van der Waals surface area contributed by atoms with E-state index in [1.165, 1.54) is 13.1 Å². The highest BCUT2D eigenvalue weighted by Gasteiger charge is 2.35. The predicted molar refractivity (Wildman–Crippen MR) is 68.6 cm³/mol. The zero-order valence-electron chi connectivity index (χ0n) is 11.4. The van der Waals surface area contributed by atoms with E-state index < -0.39 is 5.60 Å². The lowest BCUT2D eigenvalue weighted by Crippen LogP contribution is -2.55. The van der Waals surface area contributed by atoms with Gasteiger partial charge in [0.05, 0.1) is 5.60 Å². The van der Waals surface area contributed by atoms with Crippen molar-refractivity contribution in [3.05, 3.63) is 0 Å². The number of nitrogens with zero attached hydrogens (tertiary/aromatic N) is 2. The van der Waals surface area contributed by atoms with E-state index in [-0.39, 0.29) is 0 Å². The van der Waals surface area contributed by atoms with E-state index in [0.29, 0.717) is 0 Å². The van der Waals surface area contributed by atoms with Gasteiger partial charge in [-0.3, -0.25) is 4.90 Å². The zero-order chi connectivity index (χ0) is 12.2. The van der Waals surface area contributed by atoms with Gasteiger partial charge < -0.3 is 10.0 Å². The van der Waals surface area contributed by atoms with Gasteiger partial charge in [0.2, 0.25) is 0 Å². The summed E-state index contributed by atoms with van der Waals surface area (Å²) in [4.78, 5) is 4.68. The topological polar surface area (TPSA) is 26.7 Å². The Morgan fingerprint density at radius 2 is 1.69 bits per heavy atom. The minimum absolute atomic E-state index is 0.396. The molecule has 1 N–H and O–H groups in total. The van der Waals surface area contributed by atoms with Crippen molar-refractivity contribution in [2.45, 2.75) is 39.2 Å². The standard InChI is InChI=1S/C11H22N2O.C2H6/c1-10-7-13(8-10)9-11(14)3-5-12(2)6-4-11;1-2/h10,14H,3-9H2,1-2H3;1-2H3. The van der Waals surface area contributed by atoms with Crippen LogP contribution in [0.25, 0.3) is 0 Å². The Kier molecular flexibility index (Phi) is 5.22. The molecule has 0 atom stereocenters. The van der Waals surface area contributed by atoms with Crippen LogP contribution in [0.15, 0.2) is 0 Å². The minimum Gasteiger partial charge on any atom is -0.388 e.